The van der Waals surface area contributed by atoms with Crippen molar-refractivity contribution in [1.29, 1.82) is 0 Å². The fourth-order valence-corrected chi connectivity index (χ4v) is 4.64. The van der Waals surface area contributed by atoms with Gasteiger partial charge in [0.15, 0.2) is 16.9 Å². The number of rotatable bonds is 8. The first-order chi connectivity index (χ1) is 17.9. The van der Waals surface area contributed by atoms with Gasteiger partial charge in [0.2, 0.25) is 5.76 Å². The van der Waals surface area contributed by atoms with Crippen molar-refractivity contribution in [3.05, 3.63) is 99.2 Å². The lowest BCUT2D eigenvalue weighted by Gasteiger charge is -2.26. The van der Waals surface area contributed by atoms with E-state index in [0.717, 1.165) is 24.5 Å². The SMILES string of the molecule is CCCCOc1ccc(C2c3c(oc4ccc(F)cc4c3=O)C(=O)N2c2ccc(C)cc2)cc1OCC. The molecule has 7 heteroatoms. The molecule has 0 aliphatic carbocycles. The predicted molar refractivity (Wildman–Crippen MR) is 140 cm³/mol. The predicted octanol–water partition coefficient (Wildman–Crippen LogP) is 6.57. The molecule has 0 N–H and O–H groups in total. The largest absolute Gasteiger partial charge is 0.490 e. The number of aryl methyl sites for hydroxylation is 1. The van der Waals surface area contributed by atoms with Crippen LogP contribution in [0.4, 0.5) is 10.1 Å². The van der Waals surface area contributed by atoms with Gasteiger partial charge in [-0.15, -0.1) is 0 Å². The highest BCUT2D eigenvalue weighted by Gasteiger charge is 2.44. The zero-order valence-corrected chi connectivity index (χ0v) is 21.0. The molecule has 1 aliphatic rings. The molecule has 1 unspecified atom stereocenters. The van der Waals surface area contributed by atoms with Gasteiger partial charge in [-0.05, 0) is 68.3 Å². The Balaban J connectivity index is 1.71. The Morgan fingerprint density at radius 1 is 0.946 bits per heavy atom. The van der Waals surface area contributed by atoms with Crippen LogP contribution < -0.4 is 19.8 Å². The number of unbranched alkanes of at least 4 members (excludes halogenated alkanes) is 1. The molecule has 0 saturated heterocycles. The summed E-state index contributed by atoms with van der Waals surface area (Å²) in [7, 11) is 0. The Morgan fingerprint density at radius 2 is 1.73 bits per heavy atom. The lowest BCUT2D eigenvalue weighted by molar-refractivity contribution is 0.0971. The molecule has 0 bridgehead atoms. The Labute approximate surface area is 214 Å². The zero-order chi connectivity index (χ0) is 26.1. The first-order valence-corrected chi connectivity index (χ1v) is 12.5. The zero-order valence-electron chi connectivity index (χ0n) is 21.0. The average Bonchev–Trinajstić information content (AvgIpc) is 3.18. The van der Waals surface area contributed by atoms with E-state index in [2.05, 4.69) is 6.92 Å². The van der Waals surface area contributed by atoms with Gasteiger partial charge < -0.3 is 13.9 Å². The van der Waals surface area contributed by atoms with Crippen LogP contribution in [0.15, 0.2) is 69.9 Å². The lowest BCUT2D eigenvalue weighted by Crippen LogP contribution is -2.29. The highest BCUT2D eigenvalue weighted by Crippen LogP contribution is 2.43. The molecule has 0 spiro atoms. The minimum absolute atomic E-state index is 0.0454. The van der Waals surface area contributed by atoms with Crippen LogP contribution in [0.25, 0.3) is 11.0 Å². The van der Waals surface area contributed by atoms with Gasteiger partial charge in [0, 0.05) is 5.69 Å². The van der Waals surface area contributed by atoms with Crippen LogP contribution >= 0.6 is 0 Å². The van der Waals surface area contributed by atoms with Gasteiger partial charge in [-0.3, -0.25) is 14.5 Å². The van der Waals surface area contributed by atoms with Crippen molar-refractivity contribution in [1.82, 2.24) is 0 Å². The smallest absolute Gasteiger partial charge is 0.295 e. The van der Waals surface area contributed by atoms with Gasteiger partial charge >= 0.3 is 0 Å². The minimum atomic E-state index is -0.793. The molecule has 1 atom stereocenters. The van der Waals surface area contributed by atoms with Crippen molar-refractivity contribution in [3.8, 4) is 11.5 Å². The normalized spacial score (nSPS) is 14.8. The van der Waals surface area contributed by atoms with Crippen LogP contribution in [0.3, 0.4) is 0 Å². The molecule has 1 aromatic heterocycles. The van der Waals surface area contributed by atoms with Crippen molar-refractivity contribution in [2.24, 2.45) is 0 Å². The molecular weight excluding hydrogens is 473 g/mol. The van der Waals surface area contributed by atoms with Crippen molar-refractivity contribution in [3.63, 3.8) is 0 Å². The number of anilines is 1. The number of hydrogen-bond donors (Lipinski definition) is 0. The first kappa shape index (κ1) is 24.6. The van der Waals surface area contributed by atoms with E-state index in [0.29, 0.717) is 36.0 Å². The lowest BCUT2D eigenvalue weighted by atomic mass is 9.97. The Kier molecular flexibility index (Phi) is 6.70. The molecule has 4 aromatic rings. The van der Waals surface area contributed by atoms with Gasteiger partial charge in [0.1, 0.15) is 11.4 Å². The van der Waals surface area contributed by atoms with Crippen LogP contribution in [-0.2, 0) is 0 Å². The summed E-state index contributed by atoms with van der Waals surface area (Å²) >= 11 is 0. The maximum Gasteiger partial charge on any atom is 0.295 e. The minimum Gasteiger partial charge on any atom is -0.490 e. The summed E-state index contributed by atoms with van der Waals surface area (Å²) in [5, 5.41) is 0.0897. The number of ether oxygens (including phenoxy) is 2. The summed E-state index contributed by atoms with van der Waals surface area (Å²) < 4.78 is 31.8. The second-order valence-electron chi connectivity index (χ2n) is 9.07. The summed E-state index contributed by atoms with van der Waals surface area (Å²) in [5.41, 5.74) is 2.20. The van der Waals surface area contributed by atoms with E-state index < -0.39 is 23.2 Å². The van der Waals surface area contributed by atoms with Crippen LogP contribution in [0.2, 0.25) is 0 Å². The van der Waals surface area contributed by atoms with Gasteiger partial charge in [-0.25, -0.2) is 4.39 Å². The van der Waals surface area contributed by atoms with Crippen LogP contribution in [0.5, 0.6) is 11.5 Å². The molecule has 5 rings (SSSR count). The quantitative estimate of drug-likeness (QED) is 0.256. The Morgan fingerprint density at radius 3 is 2.46 bits per heavy atom. The van der Waals surface area contributed by atoms with E-state index in [4.69, 9.17) is 13.9 Å². The summed E-state index contributed by atoms with van der Waals surface area (Å²) in [6.07, 6.45) is 1.91. The van der Waals surface area contributed by atoms with E-state index in [1.165, 1.54) is 12.1 Å². The van der Waals surface area contributed by atoms with Crippen molar-refractivity contribution < 1.29 is 23.1 Å². The summed E-state index contributed by atoms with van der Waals surface area (Å²) in [6, 6.07) is 15.8. The third-order valence-corrected chi connectivity index (χ3v) is 6.48. The van der Waals surface area contributed by atoms with Gasteiger partial charge in [0.05, 0.1) is 30.2 Å². The second-order valence-corrected chi connectivity index (χ2v) is 9.07. The summed E-state index contributed by atoms with van der Waals surface area (Å²) in [5.74, 6) is 0.0859. The van der Waals surface area contributed by atoms with Gasteiger partial charge in [-0.2, -0.15) is 0 Å². The molecule has 3 aromatic carbocycles. The fourth-order valence-electron chi connectivity index (χ4n) is 4.64. The Bertz CT molecular complexity index is 1530. The number of benzene rings is 3. The molecule has 1 amide bonds. The van der Waals surface area contributed by atoms with Crippen LogP contribution in [0, 0.1) is 12.7 Å². The molecule has 0 fully saturated rings. The maximum absolute atomic E-state index is 14.1. The third-order valence-electron chi connectivity index (χ3n) is 6.48. The highest BCUT2D eigenvalue weighted by molar-refractivity contribution is 6.10. The van der Waals surface area contributed by atoms with Gasteiger partial charge in [0.25, 0.3) is 5.91 Å². The molecular formula is C30H28FNO5. The molecule has 0 saturated carbocycles. The number of halogens is 1. The van der Waals surface area contributed by atoms with Crippen LogP contribution in [0.1, 0.15) is 60.0 Å². The summed E-state index contributed by atoms with van der Waals surface area (Å²) in [4.78, 5) is 29.0. The van der Waals surface area contributed by atoms with Crippen molar-refractivity contribution >= 4 is 22.6 Å². The number of carbonyl (C=O) groups is 1. The maximum atomic E-state index is 14.1. The highest BCUT2D eigenvalue weighted by atomic mass is 19.1. The van der Waals surface area contributed by atoms with Crippen molar-refractivity contribution in [2.75, 3.05) is 18.1 Å². The monoisotopic (exact) mass is 501 g/mol. The molecule has 37 heavy (non-hydrogen) atoms. The van der Waals surface area contributed by atoms with Crippen LogP contribution in [-0.4, -0.2) is 19.1 Å². The van der Waals surface area contributed by atoms with E-state index in [1.54, 1.807) is 17.0 Å². The standard InChI is InChI=1S/C30H28FNO5/c1-4-6-15-36-24-13-9-19(16-25(24)35-5-2)27-26-28(33)22-17-20(31)10-14-23(22)37-29(26)30(34)32(27)21-11-7-18(3)8-12-21/h7-14,16-17,27H,4-6,15H2,1-3H3. The number of amides is 1. The molecule has 1 aliphatic heterocycles. The van der Waals surface area contributed by atoms with E-state index >= 15 is 0 Å². The first-order valence-electron chi connectivity index (χ1n) is 12.5. The second kappa shape index (κ2) is 10.1. The molecule has 2 heterocycles. The average molecular weight is 502 g/mol. The molecule has 0 radical (unpaired) electrons. The van der Waals surface area contributed by atoms with E-state index in [9.17, 15) is 14.0 Å². The van der Waals surface area contributed by atoms with Gasteiger partial charge in [-0.1, -0.05) is 37.1 Å². The fraction of sp³-hybridized carbons (Fsp3) is 0.267. The van der Waals surface area contributed by atoms with E-state index in [1.807, 2.05) is 44.2 Å². The molecule has 6 nitrogen and oxygen atoms in total. The number of carbonyl (C=O) groups excluding carboxylic acids is 1. The van der Waals surface area contributed by atoms with E-state index in [-0.39, 0.29) is 22.3 Å². The number of fused-ring (bicyclic) bond motifs is 2. The number of hydrogen-bond acceptors (Lipinski definition) is 5. The number of nitrogens with zero attached hydrogens (tertiary/aromatic N) is 1. The Hall–Kier alpha value is -4.13. The summed E-state index contributed by atoms with van der Waals surface area (Å²) in [6.45, 7) is 6.90. The third kappa shape index (κ3) is 4.46. The topological polar surface area (TPSA) is 69.0 Å². The molecule has 190 valence electrons. The van der Waals surface area contributed by atoms with Crippen molar-refractivity contribution in [2.45, 2.75) is 39.7 Å².